The van der Waals surface area contributed by atoms with Crippen molar-refractivity contribution in [3.63, 3.8) is 0 Å². The van der Waals surface area contributed by atoms with Gasteiger partial charge in [-0.25, -0.2) is 8.42 Å². The maximum Gasteiger partial charge on any atom is 0.264 e. The minimum absolute atomic E-state index is 0.0205. The molecule has 0 saturated heterocycles. The van der Waals surface area contributed by atoms with Crippen molar-refractivity contribution in [2.45, 2.75) is 25.3 Å². The molecule has 0 aliphatic rings. The van der Waals surface area contributed by atoms with Crippen molar-refractivity contribution < 1.29 is 13.2 Å². The van der Waals surface area contributed by atoms with Gasteiger partial charge in [0.05, 0.1) is 27.7 Å². The number of carbonyl (C=O) groups excluding carboxylic acids is 1. The lowest BCUT2D eigenvalue weighted by Crippen LogP contribution is -2.32. The zero-order valence-electron chi connectivity index (χ0n) is 17.5. The molecule has 0 saturated carbocycles. The van der Waals surface area contributed by atoms with Gasteiger partial charge in [0.25, 0.3) is 15.9 Å². The average Bonchev–Trinajstić information content (AvgIpc) is 2.79. The van der Waals surface area contributed by atoms with Gasteiger partial charge in [0.2, 0.25) is 0 Å². The smallest absolute Gasteiger partial charge is 0.264 e. The minimum atomic E-state index is -3.96. The predicted molar refractivity (Wildman–Crippen MR) is 125 cm³/mol. The van der Waals surface area contributed by atoms with Crippen LogP contribution in [0.3, 0.4) is 0 Å². The summed E-state index contributed by atoms with van der Waals surface area (Å²) in [6.07, 6.45) is 0. The molecular weight excluding hydrogens is 432 g/mol. The number of rotatable bonds is 8. The van der Waals surface area contributed by atoms with Gasteiger partial charge < -0.3 is 4.90 Å². The molecule has 0 bridgehead atoms. The lowest BCUT2D eigenvalue weighted by Gasteiger charge is -2.25. The number of amides is 1. The Bertz CT molecular complexity index is 1130. The molecule has 5 nitrogen and oxygen atoms in total. The minimum Gasteiger partial charge on any atom is -0.339 e. The average molecular weight is 457 g/mol. The summed E-state index contributed by atoms with van der Waals surface area (Å²) in [5.74, 6) is -0.290. The fraction of sp³-hybridized carbons (Fsp3) is 0.208. The van der Waals surface area contributed by atoms with Crippen LogP contribution in [0.4, 0.5) is 5.69 Å². The number of para-hydroxylation sites is 1. The van der Waals surface area contributed by atoms with Crippen molar-refractivity contribution in [3.8, 4) is 0 Å². The highest BCUT2D eigenvalue weighted by molar-refractivity contribution is 7.92. The standard InChI is InChI=1S/C24H25ClN2O3S/c1-3-26(4-2)24(28)22-17-21(15-16-23(22)25)31(29,30)27(20-13-9-6-10-14-20)18-19-11-7-5-8-12-19/h5-17H,3-4,18H2,1-2H3. The number of anilines is 1. The van der Waals surface area contributed by atoms with Crippen LogP contribution in [0.1, 0.15) is 29.8 Å². The van der Waals surface area contributed by atoms with E-state index in [1.54, 1.807) is 29.2 Å². The van der Waals surface area contributed by atoms with Gasteiger partial charge in [-0.1, -0.05) is 60.1 Å². The van der Waals surface area contributed by atoms with E-state index in [2.05, 4.69) is 0 Å². The SMILES string of the molecule is CCN(CC)C(=O)c1cc(S(=O)(=O)N(Cc2ccccc2)c2ccccc2)ccc1Cl. The van der Waals surface area contributed by atoms with Gasteiger partial charge in [0.1, 0.15) is 0 Å². The van der Waals surface area contributed by atoms with Crippen molar-refractivity contribution in [1.82, 2.24) is 4.90 Å². The van der Waals surface area contributed by atoms with Crippen LogP contribution in [0.25, 0.3) is 0 Å². The first kappa shape index (κ1) is 22.8. The van der Waals surface area contributed by atoms with E-state index in [-0.39, 0.29) is 27.9 Å². The molecular formula is C24H25ClN2O3S. The van der Waals surface area contributed by atoms with Crippen LogP contribution >= 0.6 is 11.6 Å². The van der Waals surface area contributed by atoms with Gasteiger partial charge in [0, 0.05) is 13.1 Å². The first-order valence-electron chi connectivity index (χ1n) is 10.1. The summed E-state index contributed by atoms with van der Waals surface area (Å²) in [5, 5.41) is 0.227. The van der Waals surface area contributed by atoms with Crippen LogP contribution in [-0.4, -0.2) is 32.3 Å². The van der Waals surface area contributed by atoms with Crippen molar-refractivity contribution in [3.05, 3.63) is 95.0 Å². The summed E-state index contributed by atoms with van der Waals surface area (Å²) in [5.41, 5.74) is 1.57. The van der Waals surface area contributed by atoms with Gasteiger partial charge in [-0.15, -0.1) is 0 Å². The largest absolute Gasteiger partial charge is 0.339 e. The molecule has 0 spiro atoms. The third kappa shape index (κ3) is 5.09. The second kappa shape index (κ2) is 9.98. The Morgan fingerprint density at radius 1 is 0.871 bits per heavy atom. The molecule has 0 aliphatic carbocycles. The molecule has 7 heteroatoms. The Hall–Kier alpha value is -2.83. The summed E-state index contributed by atoms with van der Waals surface area (Å²) in [6, 6.07) is 22.6. The van der Waals surface area contributed by atoms with Crippen molar-refractivity contribution in [2.24, 2.45) is 0 Å². The van der Waals surface area contributed by atoms with Crippen LogP contribution in [0.2, 0.25) is 5.02 Å². The van der Waals surface area contributed by atoms with E-state index in [1.807, 2.05) is 50.2 Å². The van der Waals surface area contributed by atoms with Crippen LogP contribution in [0, 0.1) is 0 Å². The Morgan fingerprint density at radius 2 is 1.45 bits per heavy atom. The van der Waals surface area contributed by atoms with E-state index in [4.69, 9.17) is 11.6 Å². The molecule has 0 heterocycles. The molecule has 0 fully saturated rings. The predicted octanol–water partition coefficient (Wildman–Crippen LogP) is 5.22. The summed E-state index contributed by atoms with van der Waals surface area (Å²) in [6.45, 7) is 4.91. The van der Waals surface area contributed by atoms with E-state index in [0.717, 1.165) is 5.56 Å². The van der Waals surface area contributed by atoms with Crippen molar-refractivity contribution >= 4 is 33.2 Å². The van der Waals surface area contributed by atoms with E-state index < -0.39 is 10.0 Å². The number of carbonyl (C=O) groups is 1. The second-order valence-corrected chi connectivity index (χ2v) is 9.22. The lowest BCUT2D eigenvalue weighted by molar-refractivity contribution is 0.0773. The third-order valence-electron chi connectivity index (χ3n) is 5.02. The lowest BCUT2D eigenvalue weighted by atomic mass is 10.2. The fourth-order valence-electron chi connectivity index (χ4n) is 3.30. The summed E-state index contributed by atoms with van der Waals surface area (Å²) >= 11 is 6.27. The van der Waals surface area contributed by atoms with Crippen LogP contribution < -0.4 is 4.31 Å². The maximum atomic E-state index is 13.7. The first-order valence-corrected chi connectivity index (χ1v) is 11.9. The quantitative estimate of drug-likeness (QED) is 0.467. The molecule has 0 radical (unpaired) electrons. The molecule has 0 unspecified atom stereocenters. The van der Waals surface area contributed by atoms with Gasteiger partial charge in [-0.05, 0) is 49.7 Å². The second-order valence-electron chi connectivity index (χ2n) is 6.95. The molecule has 0 atom stereocenters. The van der Waals surface area contributed by atoms with Crippen LogP contribution in [0.5, 0.6) is 0 Å². The number of halogens is 1. The zero-order valence-corrected chi connectivity index (χ0v) is 19.1. The van der Waals surface area contributed by atoms with E-state index in [9.17, 15) is 13.2 Å². The number of hydrogen-bond donors (Lipinski definition) is 0. The molecule has 0 aromatic heterocycles. The highest BCUT2D eigenvalue weighted by Gasteiger charge is 2.27. The summed E-state index contributed by atoms with van der Waals surface area (Å²) in [7, 11) is -3.96. The molecule has 0 aliphatic heterocycles. The van der Waals surface area contributed by atoms with Crippen LogP contribution in [-0.2, 0) is 16.6 Å². The maximum absolute atomic E-state index is 13.7. The van der Waals surface area contributed by atoms with Crippen molar-refractivity contribution in [2.75, 3.05) is 17.4 Å². The van der Waals surface area contributed by atoms with Crippen LogP contribution in [0.15, 0.2) is 83.8 Å². The highest BCUT2D eigenvalue weighted by atomic mass is 35.5. The Balaban J connectivity index is 2.08. The molecule has 1 amide bonds. The zero-order chi connectivity index (χ0) is 22.4. The van der Waals surface area contributed by atoms with E-state index >= 15 is 0 Å². The molecule has 162 valence electrons. The Kier molecular flexibility index (Phi) is 7.36. The highest BCUT2D eigenvalue weighted by Crippen LogP contribution is 2.29. The van der Waals surface area contributed by atoms with E-state index in [0.29, 0.717) is 18.8 Å². The first-order chi connectivity index (χ1) is 14.9. The monoisotopic (exact) mass is 456 g/mol. The Morgan fingerprint density at radius 3 is 2.03 bits per heavy atom. The van der Waals surface area contributed by atoms with Gasteiger partial charge in [-0.2, -0.15) is 0 Å². The fourth-order valence-corrected chi connectivity index (χ4v) is 4.97. The van der Waals surface area contributed by atoms with Gasteiger partial charge in [0.15, 0.2) is 0 Å². The number of sulfonamides is 1. The number of nitrogens with zero attached hydrogens (tertiary/aromatic N) is 2. The van der Waals surface area contributed by atoms with Crippen molar-refractivity contribution in [1.29, 1.82) is 0 Å². The molecule has 0 N–H and O–H groups in total. The molecule has 3 aromatic rings. The Labute approximate surface area is 188 Å². The third-order valence-corrected chi connectivity index (χ3v) is 7.12. The topological polar surface area (TPSA) is 57.7 Å². The summed E-state index contributed by atoms with van der Waals surface area (Å²) < 4.78 is 28.7. The number of benzene rings is 3. The van der Waals surface area contributed by atoms with Gasteiger partial charge >= 0.3 is 0 Å². The van der Waals surface area contributed by atoms with Gasteiger partial charge in [-0.3, -0.25) is 9.10 Å². The van der Waals surface area contributed by atoms with E-state index in [1.165, 1.54) is 22.5 Å². The normalized spacial score (nSPS) is 11.2. The molecule has 3 rings (SSSR count). The summed E-state index contributed by atoms with van der Waals surface area (Å²) in [4.78, 5) is 14.5. The molecule has 3 aromatic carbocycles. The number of hydrogen-bond acceptors (Lipinski definition) is 3. The molecule has 31 heavy (non-hydrogen) atoms.